The predicted octanol–water partition coefficient (Wildman–Crippen LogP) is -8.50. The van der Waals surface area contributed by atoms with Crippen molar-refractivity contribution in [3.05, 3.63) is 0 Å². The van der Waals surface area contributed by atoms with Crippen molar-refractivity contribution in [3.63, 3.8) is 0 Å². The van der Waals surface area contributed by atoms with E-state index in [1.54, 1.807) is 0 Å². The van der Waals surface area contributed by atoms with Crippen LogP contribution in [-0.4, -0.2) is 59.1 Å². The molecule has 0 aromatic rings. The van der Waals surface area contributed by atoms with Crippen LogP contribution < -0.4 is 28.0 Å². The largest absolute Gasteiger partial charge is 0.517 e. The molecular formula is H2Cl2Na2O7. The fraction of sp³-hybridized carbons (Fsp3) is 0. The molecule has 0 aliphatic heterocycles. The van der Waals surface area contributed by atoms with Crippen LogP contribution in [0.4, 0.5) is 0 Å². The summed E-state index contributed by atoms with van der Waals surface area (Å²) in [6.45, 7) is 0. The molecule has 0 rings (SSSR count). The van der Waals surface area contributed by atoms with Crippen LogP contribution in [0.15, 0.2) is 0 Å². The van der Waals surface area contributed by atoms with Gasteiger partial charge in [-0.3, -0.25) is 0 Å². The van der Waals surface area contributed by atoms with Crippen molar-refractivity contribution in [1.82, 2.24) is 0 Å². The summed E-state index contributed by atoms with van der Waals surface area (Å²) in [6.07, 6.45) is 0. The summed E-state index contributed by atoms with van der Waals surface area (Å²) >= 11 is 0. The molecule has 0 radical (unpaired) electrons. The molecule has 11 heteroatoms. The van der Waals surface area contributed by atoms with Crippen LogP contribution in [0.3, 0.4) is 0 Å². The van der Waals surface area contributed by atoms with Gasteiger partial charge in [0.25, 0.3) is 0 Å². The number of hydrogen-bond acceptors (Lipinski definition) is 7. The molecule has 0 spiro atoms. The monoisotopic (exact) mass is 230 g/mol. The van der Waals surface area contributed by atoms with Crippen molar-refractivity contribution >= 4 is 59.1 Å². The van der Waals surface area contributed by atoms with E-state index in [9.17, 15) is 28.0 Å². The number of rotatable bonds is 2. The smallest absolute Gasteiger partial charge is 0.169 e. The molecule has 11 heavy (non-hydrogen) atoms. The minimum absolute atomic E-state index is 0. The van der Waals surface area contributed by atoms with Crippen LogP contribution in [0.5, 0.6) is 0 Å². The summed E-state index contributed by atoms with van der Waals surface area (Å²) in [5.41, 5.74) is 0. The first-order valence-corrected chi connectivity index (χ1v) is 3.70. The first-order chi connectivity index (χ1) is 3.71. The van der Waals surface area contributed by atoms with Crippen LogP contribution in [0.25, 0.3) is 0 Å². The van der Waals surface area contributed by atoms with Gasteiger partial charge in [-0.15, -0.1) is 0 Å². The SMILES string of the molecule is [NaH].[NaH].[O-][Cl+3]([O-])([O-])O[Cl+3]([O-])([O-])[O-]. The number of hydrogen-bond donors (Lipinski definition) is 0. The fourth-order valence-corrected chi connectivity index (χ4v) is 0.787. The van der Waals surface area contributed by atoms with Crippen LogP contribution in [-0.2, 0) is 3.84 Å². The molecular weight excluding hydrogens is 229 g/mol. The van der Waals surface area contributed by atoms with E-state index < -0.39 is 20.5 Å². The third-order valence-electron chi connectivity index (χ3n) is 0.143. The Morgan fingerprint density at radius 1 is 0.636 bits per heavy atom. The van der Waals surface area contributed by atoms with E-state index in [2.05, 4.69) is 3.84 Å². The van der Waals surface area contributed by atoms with Gasteiger partial charge in [0.15, 0.2) is 0 Å². The second-order valence-corrected chi connectivity index (χ2v) is 2.79. The van der Waals surface area contributed by atoms with E-state index in [0.717, 1.165) is 0 Å². The van der Waals surface area contributed by atoms with Gasteiger partial charge < -0.3 is 0 Å². The van der Waals surface area contributed by atoms with Gasteiger partial charge in [-0.25, -0.2) is 0 Å². The molecule has 0 saturated heterocycles. The van der Waals surface area contributed by atoms with Gasteiger partial charge in [-0.05, 0) is 0 Å². The van der Waals surface area contributed by atoms with Crippen LogP contribution >= 0.6 is 0 Å². The van der Waals surface area contributed by atoms with E-state index in [1.165, 1.54) is 0 Å². The Balaban J connectivity index is -0.000000320. The first-order valence-electron chi connectivity index (χ1n) is 1.23. The summed E-state index contributed by atoms with van der Waals surface area (Å²) in [4.78, 5) is 0. The molecule has 0 atom stereocenters. The Hall–Kier alpha value is 2.30. The van der Waals surface area contributed by atoms with Crippen molar-refractivity contribution < 1.29 is 52.3 Å². The van der Waals surface area contributed by atoms with Crippen LogP contribution in [0.2, 0.25) is 0 Å². The van der Waals surface area contributed by atoms with Crippen LogP contribution in [0, 0.1) is 20.5 Å². The zero-order valence-electron chi connectivity index (χ0n) is 3.61. The molecule has 0 saturated carbocycles. The molecule has 0 aliphatic carbocycles. The van der Waals surface area contributed by atoms with E-state index in [1.807, 2.05) is 0 Å². The van der Waals surface area contributed by atoms with E-state index >= 15 is 0 Å². The summed E-state index contributed by atoms with van der Waals surface area (Å²) in [5, 5.41) is 0. The van der Waals surface area contributed by atoms with Crippen molar-refractivity contribution in [1.29, 1.82) is 0 Å². The van der Waals surface area contributed by atoms with Gasteiger partial charge in [0.1, 0.15) is 0 Å². The van der Waals surface area contributed by atoms with E-state index in [4.69, 9.17) is 0 Å². The molecule has 0 N–H and O–H groups in total. The second-order valence-electron chi connectivity index (χ2n) is 0.814. The van der Waals surface area contributed by atoms with Gasteiger partial charge in [-0.1, -0.05) is 0 Å². The second kappa shape index (κ2) is 6.71. The van der Waals surface area contributed by atoms with Gasteiger partial charge in [0.05, 0.1) is 0 Å². The summed E-state index contributed by atoms with van der Waals surface area (Å²) in [7, 11) is -10.4. The Morgan fingerprint density at radius 3 is 0.818 bits per heavy atom. The maximum Gasteiger partial charge on any atom is 0.517 e. The minimum Gasteiger partial charge on any atom is -0.169 e. The van der Waals surface area contributed by atoms with Gasteiger partial charge in [-0.2, -0.15) is 28.0 Å². The standard InChI is InChI=1S/Cl2O7.2Na.2H/c3-1(4,5)9-2(6,7)8;;;;. The summed E-state index contributed by atoms with van der Waals surface area (Å²) in [5.74, 6) is 0. The number of halogens is 2. The topological polar surface area (TPSA) is 148 Å². The molecule has 0 aromatic carbocycles. The molecule has 0 heterocycles. The Kier molecular flexibility index (Phi) is 11.6. The maximum absolute atomic E-state index is 9.26. The first kappa shape index (κ1) is 19.0. The minimum atomic E-state index is -5.19. The summed E-state index contributed by atoms with van der Waals surface area (Å²) < 4.78 is 57.9. The average molecular weight is 231 g/mol. The molecule has 0 aromatic heterocycles. The van der Waals surface area contributed by atoms with Crippen molar-refractivity contribution in [2.45, 2.75) is 0 Å². The summed E-state index contributed by atoms with van der Waals surface area (Å²) in [6, 6.07) is 0. The van der Waals surface area contributed by atoms with Gasteiger partial charge in [0, 0.05) is 0 Å². The molecule has 60 valence electrons. The maximum atomic E-state index is 9.26. The van der Waals surface area contributed by atoms with Crippen molar-refractivity contribution in [2.75, 3.05) is 0 Å². The molecule has 0 amide bonds. The molecule has 0 unspecified atom stereocenters. The fourth-order valence-electron chi connectivity index (χ4n) is 0.0875. The van der Waals surface area contributed by atoms with Gasteiger partial charge in [0.2, 0.25) is 20.5 Å². The van der Waals surface area contributed by atoms with Crippen molar-refractivity contribution in [2.24, 2.45) is 0 Å². The Labute approximate surface area is 110 Å². The van der Waals surface area contributed by atoms with E-state index in [0.29, 0.717) is 0 Å². The third-order valence-corrected chi connectivity index (χ3v) is 1.29. The van der Waals surface area contributed by atoms with E-state index in [-0.39, 0.29) is 59.1 Å². The quantitative estimate of drug-likeness (QED) is 0.428. The molecule has 0 bridgehead atoms. The average Bonchev–Trinajstić information content (AvgIpc) is 1.14. The van der Waals surface area contributed by atoms with Gasteiger partial charge >= 0.3 is 63.0 Å². The molecule has 0 aliphatic rings. The third kappa shape index (κ3) is 18.9. The van der Waals surface area contributed by atoms with Crippen LogP contribution in [0.1, 0.15) is 0 Å². The zero-order valence-corrected chi connectivity index (χ0v) is 5.13. The zero-order chi connectivity index (χ0) is 7.71. The normalized spacial score (nSPS) is 11.5. The molecule has 7 nitrogen and oxygen atoms in total. The Bertz CT molecular complexity index is 79.6. The molecule has 0 fully saturated rings. The Morgan fingerprint density at radius 2 is 0.818 bits per heavy atom. The predicted molar refractivity (Wildman–Crippen MR) is 15.4 cm³/mol. The van der Waals surface area contributed by atoms with Crippen molar-refractivity contribution in [3.8, 4) is 0 Å².